The van der Waals surface area contributed by atoms with E-state index in [-0.39, 0.29) is 63.8 Å². The van der Waals surface area contributed by atoms with Crippen molar-refractivity contribution in [3.05, 3.63) is 36.0 Å². The van der Waals surface area contributed by atoms with Crippen LogP contribution in [-0.2, 0) is 23.9 Å². The van der Waals surface area contributed by atoms with Gasteiger partial charge in [0.2, 0.25) is 17.4 Å². The van der Waals surface area contributed by atoms with Gasteiger partial charge in [0, 0.05) is 44.7 Å². The summed E-state index contributed by atoms with van der Waals surface area (Å²) in [5.74, 6) is -2.24. The van der Waals surface area contributed by atoms with Crippen LogP contribution in [0.15, 0.2) is 30.3 Å². The van der Waals surface area contributed by atoms with Gasteiger partial charge in [-0.05, 0) is 51.7 Å². The van der Waals surface area contributed by atoms with Crippen LogP contribution in [0.3, 0.4) is 0 Å². The van der Waals surface area contributed by atoms with E-state index in [1.165, 1.54) is 27.7 Å². The molecule has 1 atom stereocenters. The standard InChI is InChI=1S/C30H39N5O10/c1-4-43-28(40)30(12-7-13-30)45-24-19-23(32-35(24)20-8-6-9-21(18-20)42-3)26(38)31-22(10-11-25(36)37)27(39)33-14-16-34(17-15-33)29(41)44-5-2/h6,8-9,18-19,22H,4-5,7,10-17H2,1-3H3,(H,31,38)(H,36,37)/t22-/m0/s1. The Kier molecular flexibility index (Phi) is 10.9. The fourth-order valence-corrected chi connectivity index (χ4v) is 5.09. The molecule has 1 aliphatic carbocycles. The molecule has 2 aliphatic rings. The lowest BCUT2D eigenvalue weighted by Gasteiger charge is -2.38. The van der Waals surface area contributed by atoms with Gasteiger partial charge in [0.25, 0.3) is 5.91 Å². The first-order chi connectivity index (χ1) is 21.6. The molecule has 3 amide bonds. The Bertz CT molecular complexity index is 1400. The molecule has 0 bridgehead atoms. The molecule has 2 aromatic rings. The van der Waals surface area contributed by atoms with Gasteiger partial charge in [-0.25, -0.2) is 14.3 Å². The van der Waals surface area contributed by atoms with Crippen LogP contribution in [0.25, 0.3) is 5.69 Å². The molecule has 2 fully saturated rings. The number of carbonyl (C=O) groups excluding carboxylic acids is 4. The summed E-state index contributed by atoms with van der Waals surface area (Å²) in [4.78, 5) is 66.3. The number of nitrogens with one attached hydrogen (secondary N) is 1. The predicted molar refractivity (Wildman–Crippen MR) is 157 cm³/mol. The first-order valence-electron chi connectivity index (χ1n) is 14.9. The molecule has 244 valence electrons. The van der Waals surface area contributed by atoms with Crippen LogP contribution >= 0.6 is 0 Å². The number of piperazine rings is 1. The highest BCUT2D eigenvalue weighted by Crippen LogP contribution is 2.39. The average molecular weight is 630 g/mol. The molecule has 1 saturated carbocycles. The summed E-state index contributed by atoms with van der Waals surface area (Å²) in [6.07, 6.45) is 0.591. The summed E-state index contributed by atoms with van der Waals surface area (Å²) >= 11 is 0. The average Bonchev–Trinajstić information content (AvgIpc) is 3.44. The van der Waals surface area contributed by atoms with Crippen molar-refractivity contribution >= 4 is 29.8 Å². The zero-order chi connectivity index (χ0) is 32.6. The second-order valence-corrected chi connectivity index (χ2v) is 10.6. The van der Waals surface area contributed by atoms with Crippen molar-refractivity contribution in [2.24, 2.45) is 0 Å². The molecule has 1 saturated heterocycles. The molecule has 1 aromatic carbocycles. The number of hydrogen-bond acceptors (Lipinski definition) is 10. The Morgan fingerprint density at radius 2 is 1.69 bits per heavy atom. The second kappa shape index (κ2) is 14.8. The van der Waals surface area contributed by atoms with Gasteiger partial charge in [-0.15, -0.1) is 0 Å². The predicted octanol–water partition coefficient (Wildman–Crippen LogP) is 2.01. The highest BCUT2D eigenvalue weighted by atomic mass is 16.6. The molecule has 1 aromatic heterocycles. The lowest BCUT2D eigenvalue weighted by molar-refractivity contribution is -0.170. The number of aromatic nitrogens is 2. The van der Waals surface area contributed by atoms with Gasteiger partial charge in [0.05, 0.1) is 26.0 Å². The minimum absolute atomic E-state index is 0.102. The number of ether oxygens (including phenoxy) is 4. The fourth-order valence-electron chi connectivity index (χ4n) is 5.09. The van der Waals surface area contributed by atoms with E-state index in [0.29, 0.717) is 24.3 Å². The fraction of sp³-hybridized carbons (Fsp3) is 0.533. The van der Waals surface area contributed by atoms with Crippen LogP contribution in [0.1, 0.15) is 56.4 Å². The third-order valence-electron chi connectivity index (χ3n) is 7.68. The van der Waals surface area contributed by atoms with Crippen LogP contribution in [0.4, 0.5) is 4.79 Å². The molecule has 15 heteroatoms. The Balaban J connectivity index is 1.58. The van der Waals surface area contributed by atoms with Gasteiger partial charge in [-0.2, -0.15) is 5.10 Å². The topological polar surface area (TPSA) is 179 Å². The minimum atomic E-state index is -1.23. The molecule has 0 spiro atoms. The lowest BCUT2D eigenvalue weighted by atomic mass is 9.80. The van der Waals surface area contributed by atoms with E-state index in [9.17, 15) is 29.1 Å². The summed E-state index contributed by atoms with van der Waals surface area (Å²) in [6.45, 7) is 4.66. The SMILES string of the molecule is CCOC(=O)N1CCN(C(=O)[C@H](CCC(=O)O)NC(=O)c2cc(OC3(C(=O)OCC)CCC3)n(-c3cccc(OC)c3)n2)CC1. The maximum atomic E-state index is 13.6. The largest absolute Gasteiger partial charge is 0.497 e. The van der Waals surface area contributed by atoms with Crippen molar-refractivity contribution in [2.75, 3.05) is 46.5 Å². The van der Waals surface area contributed by atoms with Crippen LogP contribution in [-0.4, -0.2) is 113 Å². The van der Waals surface area contributed by atoms with E-state index in [1.54, 1.807) is 38.1 Å². The quantitative estimate of drug-likeness (QED) is 0.310. The van der Waals surface area contributed by atoms with E-state index in [2.05, 4.69) is 10.4 Å². The number of rotatable bonds is 13. The summed E-state index contributed by atoms with van der Waals surface area (Å²) in [7, 11) is 1.51. The number of esters is 1. The number of carboxylic acid groups (broad SMARTS) is 1. The van der Waals surface area contributed by atoms with Crippen molar-refractivity contribution in [3.8, 4) is 17.3 Å². The van der Waals surface area contributed by atoms with E-state index < -0.39 is 41.5 Å². The Morgan fingerprint density at radius 1 is 1.00 bits per heavy atom. The molecule has 15 nitrogen and oxygen atoms in total. The van der Waals surface area contributed by atoms with E-state index in [4.69, 9.17) is 18.9 Å². The van der Waals surface area contributed by atoms with E-state index in [1.807, 2.05) is 0 Å². The highest BCUT2D eigenvalue weighted by molar-refractivity contribution is 5.96. The second-order valence-electron chi connectivity index (χ2n) is 10.6. The number of aliphatic carboxylic acids is 1. The van der Waals surface area contributed by atoms with Gasteiger partial charge >= 0.3 is 18.0 Å². The summed E-state index contributed by atoms with van der Waals surface area (Å²) in [6, 6.07) is 7.05. The van der Waals surface area contributed by atoms with Gasteiger partial charge in [0.1, 0.15) is 11.8 Å². The van der Waals surface area contributed by atoms with Crippen LogP contribution in [0, 0.1) is 0 Å². The number of carboxylic acids is 1. The maximum Gasteiger partial charge on any atom is 0.409 e. The van der Waals surface area contributed by atoms with Gasteiger partial charge in [0.15, 0.2) is 5.69 Å². The molecule has 0 unspecified atom stereocenters. The monoisotopic (exact) mass is 629 g/mol. The van der Waals surface area contributed by atoms with Crippen LogP contribution in [0.2, 0.25) is 0 Å². The van der Waals surface area contributed by atoms with Crippen molar-refractivity contribution in [1.29, 1.82) is 0 Å². The van der Waals surface area contributed by atoms with Gasteiger partial charge in [-0.1, -0.05) is 6.07 Å². The number of nitrogens with zero attached hydrogens (tertiary/aromatic N) is 4. The zero-order valence-electron chi connectivity index (χ0n) is 25.7. The maximum absolute atomic E-state index is 13.6. The molecule has 4 rings (SSSR count). The lowest BCUT2D eigenvalue weighted by Crippen LogP contribution is -2.56. The highest BCUT2D eigenvalue weighted by Gasteiger charge is 2.49. The summed E-state index contributed by atoms with van der Waals surface area (Å²) < 4.78 is 23.2. The molecule has 45 heavy (non-hydrogen) atoms. The van der Waals surface area contributed by atoms with Crippen molar-refractivity contribution in [1.82, 2.24) is 24.9 Å². The third kappa shape index (κ3) is 7.83. The number of methoxy groups -OCH3 is 1. The van der Waals surface area contributed by atoms with Crippen molar-refractivity contribution in [3.63, 3.8) is 0 Å². The minimum Gasteiger partial charge on any atom is -0.497 e. The summed E-state index contributed by atoms with van der Waals surface area (Å²) in [5, 5.41) is 16.4. The molecule has 0 radical (unpaired) electrons. The Hall–Kier alpha value is -4.82. The van der Waals surface area contributed by atoms with E-state index in [0.717, 1.165) is 6.42 Å². The van der Waals surface area contributed by atoms with Crippen LogP contribution < -0.4 is 14.8 Å². The van der Waals surface area contributed by atoms with E-state index >= 15 is 0 Å². The van der Waals surface area contributed by atoms with Crippen molar-refractivity contribution < 1.29 is 48.0 Å². The number of benzene rings is 1. The first-order valence-corrected chi connectivity index (χ1v) is 14.9. The third-order valence-corrected chi connectivity index (χ3v) is 7.68. The Morgan fingerprint density at radius 3 is 2.29 bits per heavy atom. The normalized spacial score (nSPS) is 16.2. The summed E-state index contributed by atoms with van der Waals surface area (Å²) in [5.41, 5.74) is -0.863. The molecular weight excluding hydrogens is 590 g/mol. The smallest absolute Gasteiger partial charge is 0.409 e. The Labute approximate surface area is 260 Å². The molecular formula is C30H39N5O10. The zero-order valence-corrected chi connectivity index (χ0v) is 25.7. The number of amides is 3. The molecule has 2 N–H and O–H groups in total. The van der Waals surface area contributed by atoms with Gasteiger partial charge < -0.3 is 39.2 Å². The van der Waals surface area contributed by atoms with Crippen LogP contribution in [0.5, 0.6) is 11.6 Å². The first kappa shape index (κ1) is 33.1. The van der Waals surface area contributed by atoms with Crippen molar-refractivity contribution in [2.45, 2.75) is 57.6 Å². The number of hydrogen-bond donors (Lipinski definition) is 2. The molecule has 2 heterocycles. The number of carbonyl (C=O) groups is 5. The molecule has 1 aliphatic heterocycles. The van der Waals surface area contributed by atoms with Gasteiger partial charge in [-0.3, -0.25) is 14.4 Å².